The van der Waals surface area contributed by atoms with E-state index in [-0.39, 0.29) is 17.6 Å². The lowest BCUT2D eigenvalue weighted by atomic mass is 10.1. The summed E-state index contributed by atoms with van der Waals surface area (Å²) in [6, 6.07) is 20.3. The van der Waals surface area contributed by atoms with Crippen molar-refractivity contribution in [3.63, 3.8) is 0 Å². The highest BCUT2D eigenvalue weighted by Gasteiger charge is 2.25. The Bertz CT molecular complexity index is 1360. The molecular weight excluding hydrogens is 447 g/mol. The normalized spacial score (nSPS) is 13.7. The molecule has 0 unspecified atom stereocenters. The Morgan fingerprint density at radius 2 is 1.26 bits per heavy atom. The molecule has 0 radical (unpaired) electrons. The van der Waals surface area contributed by atoms with E-state index in [0.29, 0.717) is 49.1 Å². The number of benzene rings is 3. The molecule has 5 rings (SSSR count). The highest BCUT2D eigenvalue weighted by molar-refractivity contribution is 5.96. The lowest BCUT2D eigenvalue weighted by Gasteiger charge is -2.35. The summed E-state index contributed by atoms with van der Waals surface area (Å²) in [5, 5.41) is 8.31. The molecule has 1 aliphatic rings. The number of hydrogen-bond donors (Lipinski definition) is 0. The largest absolute Gasteiger partial charge is 0.416 e. The first-order valence-electron chi connectivity index (χ1n) is 11.3. The minimum absolute atomic E-state index is 0.100. The smallest absolute Gasteiger partial charge is 0.253 e. The van der Waals surface area contributed by atoms with Gasteiger partial charge in [-0.1, -0.05) is 18.2 Å². The molecule has 7 nitrogen and oxygen atoms in total. The maximum Gasteiger partial charge on any atom is 0.253 e. The molecule has 2 heterocycles. The molecule has 1 aromatic heterocycles. The van der Waals surface area contributed by atoms with Gasteiger partial charge in [-0.05, 0) is 67.1 Å². The fraction of sp³-hybridized carbons (Fsp3) is 0.185. The quantitative estimate of drug-likeness (QED) is 0.440. The van der Waals surface area contributed by atoms with Crippen molar-refractivity contribution in [2.24, 2.45) is 0 Å². The van der Waals surface area contributed by atoms with Crippen LogP contribution < -0.4 is 0 Å². The number of halogens is 1. The molecule has 0 spiro atoms. The van der Waals surface area contributed by atoms with Crippen molar-refractivity contribution < 1.29 is 18.4 Å². The number of carbonyl (C=O) groups is 2. The number of amides is 2. The second-order valence-corrected chi connectivity index (χ2v) is 8.40. The molecule has 0 atom stereocenters. The van der Waals surface area contributed by atoms with Gasteiger partial charge in [-0.2, -0.15) is 0 Å². The number of aryl methyl sites for hydroxylation is 1. The van der Waals surface area contributed by atoms with Gasteiger partial charge in [0, 0.05) is 48.4 Å². The van der Waals surface area contributed by atoms with Crippen LogP contribution in [-0.4, -0.2) is 58.0 Å². The maximum atomic E-state index is 13.1. The van der Waals surface area contributed by atoms with Crippen LogP contribution in [0, 0.1) is 12.7 Å². The number of carbonyl (C=O) groups excluding carboxylic acids is 2. The summed E-state index contributed by atoms with van der Waals surface area (Å²) in [5.74, 6) is 0.193. The molecule has 1 aliphatic heterocycles. The average molecular weight is 471 g/mol. The molecule has 2 amide bonds. The second kappa shape index (κ2) is 9.50. The van der Waals surface area contributed by atoms with Crippen LogP contribution in [0.5, 0.6) is 0 Å². The monoisotopic (exact) mass is 470 g/mol. The number of rotatable bonds is 4. The van der Waals surface area contributed by atoms with Gasteiger partial charge in [-0.3, -0.25) is 9.59 Å². The Morgan fingerprint density at radius 3 is 1.83 bits per heavy atom. The van der Waals surface area contributed by atoms with Crippen LogP contribution in [0.15, 0.2) is 77.2 Å². The molecule has 35 heavy (non-hydrogen) atoms. The number of nitrogens with zero attached hydrogens (tertiary/aromatic N) is 4. The number of aromatic nitrogens is 2. The summed E-state index contributed by atoms with van der Waals surface area (Å²) in [7, 11) is 0. The van der Waals surface area contributed by atoms with Gasteiger partial charge >= 0.3 is 0 Å². The van der Waals surface area contributed by atoms with Crippen molar-refractivity contribution in [3.8, 4) is 22.9 Å². The fourth-order valence-electron chi connectivity index (χ4n) is 4.09. The van der Waals surface area contributed by atoms with Crippen molar-refractivity contribution in [3.05, 3.63) is 95.3 Å². The first-order valence-corrected chi connectivity index (χ1v) is 11.3. The third kappa shape index (κ3) is 4.68. The van der Waals surface area contributed by atoms with Gasteiger partial charge in [0.2, 0.25) is 11.8 Å². The highest BCUT2D eigenvalue weighted by atomic mass is 19.1. The van der Waals surface area contributed by atoms with Crippen molar-refractivity contribution >= 4 is 11.8 Å². The Hall–Kier alpha value is -4.33. The molecule has 4 aromatic rings. The highest BCUT2D eigenvalue weighted by Crippen LogP contribution is 2.26. The van der Waals surface area contributed by atoms with E-state index in [0.717, 1.165) is 16.7 Å². The molecule has 0 aliphatic carbocycles. The SMILES string of the molecule is Cc1ccccc1-c1nnc(-c2ccc(C(=O)N3CCN(C(=O)c4ccc(F)cc4)CC3)cc2)o1. The van der Waals surface area contributed by atoms with Gasteiger partial charge in [-0.25, -0.2) is 4.39 Å². The van der Waals surface area contributed by atoms with E-state index in [9.17, 15) is 14.0 Å². The van der Waals surface area contributed by atoms with Crippen LogP contribution in [0.3, 0.4) is 0 Å². The molecule has 0 N–H and O–H groups in total. The van der Waals surface area contributed by atoms with Crippen molar-refractivity contribution in [1.82, 2.24) is 20.0 Å². The fourth-order valence-corrected chi connectivity index (χ4v) is 4.09. The van der Waals surface area contributed by atoms with Gasteiger partial charge in [0.25, 0.3) is 11.8 Å². The van der Waals surface area contributed by atoms with Gasteiger partial charge in [-0.15, -0.1) is 10.2 Å². The predicted molar refractivity (Wildman–Crippen MR) is 128 cm³/mol. The Labute approximate surface area is 201 Å². The molecule has 0 saturated carbocycles. The van der Waals surface area contributed by atoms with E-state index in [4.69, 9.17) is 4.42 Å². The van der Waals surface area contributed by atoms with E-state index in [1.807, 2.05) is 31.2 Å². The van der Waals surface area contributed by atoms with Crippen LogP contribution in [-0.2, 0) is 0 Å². The third-order valence-corrected chi connectivity index (χ3v) is 6.12. The van der Waals surface area contributed by atoms with E-state index in [1.54, 1.807) is 34.1 Å². The minimum Gasteiger partial charge on any atom is -0.416 e. The second-order valence-electron chi connectivity index (χ2n) is 8.40. The zero-order valence-electron chi connectivity index (χ0n) is 19.1. The van der Waals surface area contributed by atoms with Gasteiger partial charge < -0.3 is 14.2 Å². The van der Waals surface area contributed by atoms with Gasteiger partial charge in [0.1, 0.15) is 5.82 Å². The zero-order valence-corrected chi connectivity index (χ0v) is 19.1. The van der Waals surface area contributed by atoms with E-state index in [1.165, 1.54) is 24.3 Å². The van der Waals surface area contributed by atoms with E-state index < -0.39 is 0 Å². The molecule has 0 bridgehead atoms. The van der Waals surface area contributed by atoms with Gasteiger partial charge in [0.15, 0.2) is 0 Å². The van der Waals surface area contributed by atoms with E-state index >= 15 is 0 Å². The summed E-state index contributed by atoms with van der Waals surface area (Å²) in [5.41, 5.74) is 3.64. The molecule has 8 heteroatoms. The summed E-state index contributed by atoms with van der Waals surface area (Å²) in [6.45, 7) is 3.68. The molecule has 3 aromatic carbocycles. The van der Waals surface area contributed by atoms with Crippen molar-refractivity contribution in [1.29, 1.82) is 0 Å². The zero-order chi connectivity index (χ0) is 24.4. The molecule has 1 saturated heterocycles. The predicted octanol–water partition coefficient (Wildman–Crippen LogP) is 4.45. The number of piperazine rings is 1. The van der Waals surface area contributed by atoms with Crippen molar-refractivity contribution in [2.45, 2.75) is 6.92 Å². The molecule has 1 fully saturated rings. The molecule has 176 valence electrons. The standard InChI is InChI=1S/C27H23FN4O3/c1-18-4-2-3-5-23(18)25-30-29-24(35-25)19-6-8-20(9-7-19)26(33)31-14-16-32(17-15-31)27(34)21-10-12-22(28)13-11-21/h2-13H,14-17H2,1H3. The summed E-state index contributed by atoms with van der Waals surface area (Å²) >= 11 is 0. The third-order valence-electron chi connectivity index (χ3n) is 6.12. The minimum atomic E-state index is -0.381. The molecular formula is C27H23FN4O3. The van der Waals surface area contributed by atoms with Crippen LogP contribution >= 0.6 is 0 Å². The average Bonchev–Trinajstić information content (AvgIpc) is 3.39. The van der Waals surface area contributed by atoms with Crippen molar-refractivity contribution in [2.75, 3.05) is 26.2 Å². The van der Waals surface area contributed by atoms with Crippen LogP contribution in [0.1, 0.15) is 26.3 Å². The lowest BCUT2D eigenvalue weighted by molar-refractivity contribution is 0.0535. The van der Waals surface area contributed by atoms with Gasteiger partial charge in [0.05, 0.1) is 0 Å². The first-order chi connectivity index (χ1) is 17.0. The summed E-state index contributed by atoms with van der Waals surface area (Å²) in [6.07, 6.45) is 0. The summed E-state index contributed by atoms with van der Waals surface area (Å²) < 4.78 is 19.0. The topological polar surface area (TPSA) is 79.5 Å². The van der Waals surface area contributed by atoms with E-state index in [2.05, 4.69) is 10.2 Å². The summed E-state index contributed by atoms with van der Waals surface area (Å²) in [4.78, 5) is 29.0. The Balaban J connectivity index is 1.22. The maximum absolute atomic E-state index is 13.1. The first kappa shape index (κ1) is 22.5. The van der Waals surface area contributed by atoms with Crippen LogP contribution in [0.25, 0.3) is 22.9 Å². The lowest BCUT2D eigenvalue weighted by Crippen LogP contribution is -2.50. The van der Waals surface area contributed by atoms with Crippen LogP contribution in [0.4, 0.5) is 4.39 Å². The number of hydrogen-bond acceptors (Lipinski definition) is 5. The van der Waals surface area contributed by atoms with Crippen LogP contribution in [0.2, 0.25) is 0 Å². The Morgan fingerprint density at radius 1 is 0.743 bits per heavy atom. The Kier molecular flexibility index (Phi) is 6.10.